The lowest BCUT2D eigenvalue weighted by molar-refractivity contribution is -0.0636. The van der Waals surface area contributed by atoms with Crippen LogP contribution in [0.3, 0.4) is 0 Å². The Hall–Kier alpha value is -0.280. The maximum Gasteiger partial charge on any atom is 0.278 e. The van der Waals surface area contributed by atoms with Crippen LogP contribution in [0.25, 0.3) is 0 Å². The van der Waals surface area contributed by atoms with Crippen molar-refractivity contribution in [2.45, 2.75) is 39.8 Å². The molecule has 0 aromatic rings. The van der Waals surface area contributed by atoms with Gasteiger partial charge in [-0.1, -0.05) is 13.8 Å². The molecule has 0 aromatic carbocycles. The van der Waals surface area contributed by atoms with Gasteiger partial charge in [-0.3, -0.25) is 0 Å². The maximum absolute atomic E-state index is 11.9. The SMILES string of the molecule is CC(C)C(F)(F)CF.CC(C)F. The van der Waals surface area contributed by atoms with E-state index in [0.29, 0.717) is 0 Å². The van der Waals surface area contributed by atoms with E-state index in [1.165, 1.54) is 27.7 Å². The van der Waals surface area contributed by atoms with Crippen LogP contribution in [0.2, 0.25) is 0 Å². The van der Waals surface area contributed by atoms with E-state index in [2.05, 4.69) is 0 Å². The first kappa shape index (κ1) is 14.3. The van der Waals surface area contributed by atoms with Crippen molar-refractivity contribution in [1.29, 1.82) is 0 Å². The van der Waals surface area contributed by atoms with Gasteiger partial charge in [-0.05, 0) is 13.8 Å². The van der Waals surface area contributed by atoms with Crippen molar-refractivity contribution < 1.29 is 17.6 Å². The lowest BCUT2D eigenvalue weighted by Gasteiger charge is -2.14. The molecule has 4 heteroatoms. The van der Waals surface area contributed by atoms with Gasteiger partial charge in [0.05, 0.1) is 6.17 Å². The highest BCUT2D eigenvalue weighted by Crippen LogP contribution is 2.23. The van der Waals surface area contributed by atoms with E-state index in [1.807, 2.05) is 0 Å². The summed E-state index contributed by atoms with van der Waals surface area (Å²) in [6.45, 7) is 4.03. The smallest absolute Gasteiger partial charge is 0.248 e. The molecule has 0 fully saturated rings. The molecule has 0 aliphatic carbocycles. The topological polar surface area (TPSA) is 0 Å². The summed E-state index contributed by atoms with van der Waals surface area (Å²) in [6.07, 6.45) is -0.667. The fourth-order valence-corrected chi connectivity index (χ4v) is 0.154. The molecule has 0 aliphatic rings. The Kier molecular flexibility index (Phi) is 7.44. The summed E-state index contributed by atoms with van der Waals surface area (Å²) in [6, 6.07) is 0. The predicted octanol–water partition coefficient (Wildman–Crippen LogP) is 3.61. The molecule has 0 aliphatic heterocycles. The second-order valence-corrected chi connectivity index (χ2v) is 3.06. The third-order valence-electron chi connectivity index (χ3n) is 1.02. The van der Waals surface area contributed by atoms with Crippen LogP contribution in [0.15, 0.2) is 0 Å². The fourth-order valence-electron chi connectivity index (χ4n) is 0.154. The van der Waals surface area contributed by atoms with Gasteiger partial charge in [0.2, 0.25) is 0 Å². The first-order valence-corrected chi connectivity index (χ1v) is 3.82. The lowest BCUT2D eigenvalue weighted by Crippen LogP contribution is -2.25. The van der Waals surface area contributed by atoms with Crippen LogP contribution in [0.5, 0.6) is 0 Å². The Balaban J connectivity index is 0. The van der Waals surface area contributed by atoms with E-state index in [9.17, 15) is 17.6 Å². The third-order valence-corrected chi connectivity index (χ3v) is 1.02. The fraction of sp³-hybridized carbons (Fsp3) is 1.00. The number of hydrogen-bond donors (Lipinski definition) is 0. The Morgan fingerprint density at radius 3 is 1.33 bits per heavy atom. The maximum atomic E-state index is 11.9. The van der Waals surface area contributed by atoms with Crippen LogP contribution >= 0.6 is 0 Å². The average molecular weight is 188 g/mol. The van der Waals surface area contributed by atoms with E-state index < -0.39 is 24.7 Å². The molecule has 0 unspecified atom stereocenters. The first-order valence-electron chi connectivity index (χ1n) is 3.82. The highest BCUT2D eigenvalue weighted by atomic mass is 19.3. The summed E-state index contributed by atoms with van der Waals surface area (Å²) in [5, 5.41) is 0. The van der Waals surface area contributed by atoms with Gasteiger partial charge in [-0.25, -0.2) is 17.6 Å². The van der Waals surface area contributed by atoms with Crippen molar-refractivity contribution in [2.24, 2.45) is 5.92 Å². The summed E-state index contributed by atoms with van der Waals surface area (Å²) in [4.78, 5) is 0. The van der Waals surface area contributed by atoms with Crippen molar-refractivity contribution in [3.05, 3.63) is 0 Å². The van der Waals surface area contributed by atoms with Crippen LogP contribution in [0, 0.1) is 5.92 Å². The van der Waals surface area contributed by atoms with Gasteiger partial charge in [0, 0.05) is 5.92 Å². The molecule has 0 radical (unpaired) electrons. The normalized spacial score (nSPS) is 11.5. The van der Waals surface area contributed by atoms with Gasteiger partial charge in [-0.15, -0.1) is 0 Å². The summed E-state index contributed by atoms with van der Waals surface area (Å²) in [5.41, 5.74) is 0. The zero-order valence-corrected chi connectivity index (χ0v) is 7.87. The number of hydrogen-bond acceptors (Lipinski definition) is 0. The summed E-state index contributed by atoms with van der Waals surface area (Å²) >= 11 is 0. The molecule has 0 rings (SSSR count). The van der Waals surface area contributed by atoms with Crippen molar-refractivity contribution >= 4 is 0 Å². The van der Waals surface area contributed by atoms with Gasteiger partial charge >= 0.3 is 0 Å². The van der Waals surface area contributed by atoms with E-state index in [0.717, 1.165) is 0 Å². The second kappa shape index (κ2) is 6.26. The molecule has 0 N–H and O–H groups in total. The first-order chi connectivity index (χ1) is 5.24. The Bertz CT molecular complexity index is 96.5. The van der Waals surface area contributed by atoms with E-state index in [4.69, 9.17) is 0 Å². The van der Waals surface area contributed by atoms with Crippen LogP contribution in [-0.2, 0) is 0 Å². The van der Waals surface area contributed by atoms with E-state index in [1.54, 1.807) is 0 Å². The second-order valence-electron chi connectivity index (χ2n) is 3.06. The van der Waals surface area contributed by atoms with Gasteiger partial charge in [-0.2, -0.15) is 0 Å². The molecule has 0 amide bonds. The quantitative estimate of drug-likeness (QED) is 0.581. The largest absolute Gasteiger partial charge is 0.278 e. The summed E-state index contributed by atoms with van der Waals surface area (Å²) in [5.74, 6) is -4.02. The number of rotatable bonds is 2. The molecule has 0 bridgehead atoms. The Morgan fingerprint density at radius 2 is 1.33 bits per heavy atom. The number of halogens is 4. The van der Waals surface area contributed by atoms with Gasteiger partial charge in [0.15, 0.2) is 6.67 Å². The molecule has 0 spiro atoms. The zero-order valence-electron chi connectivity index (χ0n) is 7.87. The van der Waals surface area contributed by atoms with Crippen LogP contribution in [0.4, 0.5) is 17.6 Å². The van der Waals surface area contributed by atoms with Crippen molar-refractivity contribution in [3.8, 4) is 0 Å². The molecule has 0 atom stereocenters. The minimum atomic E-state index is -3.12. The molecule has 0 nitrogen and oxygen atoms in total. The van der Waals surface area contributed by atoms with Crippen molar-refractivity contribution in [2.75, 3.05) is 6.67 Å². The van der Waals surface area contributed by atoms with Crippen LogP contribution in [0.1, 0.15) is 27.7 Å². The molecule has 0 saturated heterocycles. The van der Waals surface area contributed by atoms with E-state index >= 15 is 0 Å². The zero-order chi connectivity index (χ0) is 10.4. The predicted molar refractivity (Wildman–Crippen MR) is 42.0 cm³/mol. The molecule has 0 saturated carbocycles. The lowest BCUT2D eigenvalue weighted by atomic mass is 10.1. The molecule has 0 aromatic heterocycles. The molecule has 0 heterocycles. The molecular formula is C8H16F4. The summed E-state index contributed by atoms with van der Waals surface area (Å²) < 4.78 is 46.1. The Morgan fingerprint density at radius 1 is 1.08 bits per heavy atom. The summed E-state index contributed by atoms with van der Waals surface area (Å²) in [7, 11) is 0. The number of alkyl halides is 4. The Labute approximate surface area is 71.0 Å². The highest BCUT2D eigenvalue weighted by molar-refractivity contribution is 4.67. The van der Waals surface area contributed by atoms with Gasteiger partial charge < -0.3 is 0 Å². The van der Waals surface area contributed by atoms with E-state index in [-0.39, 0.29) is 0 Å². The monoisotopic (exact) mass is 188 g/mol. The van der Waals surface area contributed by atoms with Crippen molar-refractivity contribution in [3.63, 3.8) is 0 Å². The third kappa shape index (κ3) is 9.72. The average Bonchev–Trinajstić information content (AvgIpc) is 1.86. The van der Waals surface area contributed by atoms with Crippen LogP contribution < -0.4 is 0 Å². The van der Waals surface area contributed by atoms with Crippen LogP contribution in [-0.4, -0.2) is 18.8 Å². The standard InChI is InChI=1S/C5H9F3.C3H7F/c1-4(2)5(7,8)3-6;1-3(2)4/h4H,3H2,1-2H3;3H,1-2H3. The van der Waals surface area contributed by atoms with Gasteiger partial charge in [0.1, 0.15) is 0 Å². The molecule has 12 heavy (non-hydrogen) atoms. The molecule has 76 valence electrons. The van der Waals surface area contributed by atoms with Crippen molar-refractivity contribution in [1.82, 2.24) is 0 Å². The van der Waals surface area contributed by atoms with Gasteiger partial charge in [0.25, 0.3) is 5.92 Å². The minimum absolute atomic E-state index is 0.667. The minimum Gasteiger partial charge on any atom is -0.248 e. The molecular weight excluding hydrogens is 172 g/mol. The highest BCUT2D eigenvalue weighted by Gasteiger charge is 2.32.